The fourth-order valence-corrected chi connectivity index (χ4v) is 1.42. The lowest BCUT2D eigenvalue weighted by Gasteiger charge is -1.94. The molecular formula is C11H12ClN3O. The third-order valence-electron chi connectivity index (χ3n) is 2.15. The molecule has 2 aromatic rings. The molecule has 1 heterocycles. The Balaban J connectivity index is 2.15. The molecule has 0 radical (unpaired) electrons. The van der Waals surface area contributed by atoms with Crippen molar-refractivity contribution in [3.8, 4) is 11.5 Å². The number of halogens is 1. The van der Waals surface area contributed by atoms with Crippen LogP contribution >= 0.6 is 11.6 Å². The van der Waals surface area contributed by atoms with Crippen LogP contribution in [0.3, 0.4) is 0 Å². The number of rotatable bonds is 4. The standard InChI is InChI=1S/C11H12ClN3O/c1-13-7-6-10-14-15-11(16-10)8-2-4-9(12)5-3-8/h2-5,13H,6-7H2,1H3. The van der Waals surface area contributed by atoms with Gasteiger partial charge in [0, 0.05) is 23.6 Å². The zero-order valence-electron chi connectivity index (χ0n) is 8.90. The van der Waals surface area contributed by atoms with Gasteiger partial charge in [-0.05, 0) is 31.3 Å². The van der Waals surface area contributed by atoms with Crippen molar-refractivity contribution in [2.45, 2.75) is 6.42 Å². The molecule has 1 N–H and O–H groups in total. The van der Waals surface area contributed by atoms with Crippen LogP contribution < -0.4 is 5.32 Å². The summed E-state index contributed by atoms with van der Waals surface area (Å²) in [5.74, 6) is 1.17. The van der Waals surface area contributed by atoms with E-state index in [1.807, 2.05) is 19.2 Å². The lowest BCUT2D eigenvalue weighted by molar-refractivity contribution is 0.500. The van der Waals surface area contributed by atoms with Crippen molar-refractivity contribution in [1.29, 1.82) is 0 Å². The molecule has 1 aromatic heterocycles. The van der Waals surface area contributed by atoms with Crippen LogP contribution in [0.15, 0.2) is 28.7 Å². The van der Waals surface area contributed by atoms with Gasteiger partial charge < -0.3 is 9.73 Å². The molecule has 84 valence electrons. The Hall–Kier alpha value is -1.39. The van der Waals surface area contributed by atoms with E-state index in [4.69, 9.17) is 16.0 Å². The van der Waals surface area contributed by atoms with E-state index in [9.17, 15) is 0 Å². The summed E-state index contributed by atoms with van der Waals surface area (Å²) < 4.78 is 5.51. The lowest BCUT2D eigenvalue weighted by atomic mass is 10.2. The number of hydrogen-bond donors (Lipinski definition) is 1. The molecule has 1 aromatic carbocycles. The fourth-order valence-electron chi connectivity index (χ4n) is 1.30. The molecule has 0 bridgehead atoms. The molecule has 0 saturated heterocycles. The van der Waals surface area contributed by atoms with Crippen LogP contribution in [0.5, 0.6) is 0 Å². The molecular weight excluding hydrogens is 226 g/mol. The minimum absolute atomic E-state index is 0.530. The molecule has 0 amide bonds. The van der Waals surface area contributed by atoms with Crippen molar-refractivity contribution in [3.05, 3.63) is 35.2 Å². The second-order valence-corrected chi connectivity index (χ2v) is 3.80. The summed E-state index contributed by atoms with van der Waals surface area (Å²) in [5, 5.41) is 11.7. The highest BCUT2D eigenvalue weighted by molar-refractivity contribution is 6.30. The van der Waals surface area contributed by atoms with Crippen LogP contribution in [0.2, 0.25) is 5.02 Å². The molecule has 0 aliphatic carbocycles. The smallest absolute Gasteiger partial charge is 0.247 e. The van der Waals surface area contributed by atoms with Gasteiger partial charge in [-0.25, -0.2) is 0 Å². The highest BCUT2D eigenvalue weighted by Crippen LogP contribution is 2.20. The number of nitrogens with one attached hydrogen (secondary N) is 1. The highest BCUT2D eigenvalue weighted by atomic mass is 35.5. The molecule has 4 nitrogen and oxygen atoms in total. The van der Waals surface area contributed by atoms with Gasteiger partial charge in [-0.3, -0.25) is 0 Å². The van der Waals surface area contributed by atoms with Gasteiger partial charge in [0.15, 0.2) is 0 Å². The van der Waals surface area contributed by atoms with Crippen LogP contribution in [0.4, 0.5) is 0 Å². The first-order chi connectivity index (χ1) is 7.79. The van der Waals surface area contributed by atoms with Crippen molar-refractivity contribution >= 4 is 11.6 Å². The van der Waals surface area contributed by atoms with E-state index in [-0.39, 0.29) is 0 Å². The molecule has 5 heteroatoms. The van der Waals surface area contributed by atoms with Gasteiger partial charge in [-0.15, -0.1) is 10.2 Å². The number of hydrogen-bond acceptors (Lipinski definition) is 4. The number of likely N-dealkylation sites (N-methyl/N-ethyl adjacent to an activating group) is 1. The summed E-state index contributed by atoms with van der Waals surface area (Å²) in [7, 11) is 1.89. The summed E-state index contributed by atoms with van der Waals surface area (Å²) in [4.78, 5) is 0. The van der Waals surface area contributed by atoms with Crippen molar-refractivity contribution < 1.29 is 4.42 Å². The van der Waals surface area contributed by atoms with E-state index >= 15 is 0 Å². The Morgan fingerprint density at radius 3 is 2.69 bits per heavy atom. The van der Waals surface area contributed by atoms with E-state index in [1.54, 1.807) is 12.1 Å². The summed E-state index contributed by atoms with van der Waals surface area (Å²) in [6.45, 7) is 0.822. The second-order valence-electron chi connectivity index (χ2n) is 3.36. The summed E-state index contributed by atoms with van der Waals surface area (Å²) in [6, 6.07) is 7.32. The Morgan fingerprint density at radius 2 is 2.00 bits per heavy atom. The largest absolute Gasteiger partial charge is 0.421 e. The quantitative estimate of drug-likeness (QED) is 0.885. The number of benzene rings is 1. The van der Waals surface area contributed by atoms with Gasteiger partial charge >= 0.3 is 0 Å². The average molecular weight is 238 g/mol. The van der Waals surface area contributed by atoms with E-state index in [0.29, 0.717) is 16.8 Å². The topological polar surface area (TPSA) is 51.0 Å². The maximum Gasteiger partial charge on any atom is 0.247 e. The molecule has 0 unspecified atom stereocenters. The first-order valence-electron chi connectivity index (χ1n) is 5.02. The van der Waals surface area contributed by atoms with Gasteiger partial charge in [0.25, 0.3) is 0 Å². The van der Waals surface area contributed by atoms with Crippen LogP contribution in [-0.4, -0.2) is 23.8 Å². The van der Waals surface area contributed by atoms with E-state index in [1.165, 1.54) is 0 Å². The maximum atomic E-state index is 5.80. The zero-order valence-corrected chi connectivity index (χ0v) is 9.66. The molecule has 0 fully saturated rings. The van der Waals surface area contributed by atoms with Crippen LogP contribution in [0.25, 0.3) is 11.5 Å². The van der Waals surface area contributed by atoms with E-state index < -0.39 is 0 Å². The summed E-state index contributed by atoms with van der Waals surface area (Å²) in [5.41, 5.74) is 0.882. The third-order valence-corrected chi connectivity index (χ3v) is 2.40. The predicted molar refractivity (Wildman–Crippen MR) is 62.4 cm³/mol. The average Bonchev–Trinajstić information content (AvgIpc) is 2.76. The van der Waals surface area contributed by atoms with Crippen molar-refractivity contribution in [2.24, 2.45) is 0 Å². The van der Waals surface area contributed by atoms with Crippen molar-refractivity contribution in [3.63, 3.8) is 0 Å². The van der Waals surface area contributed by atoms with Crippen LogP contribution in [0, 0.1) is 0 Å². The number of nitrogens with zero attached hydrogens (tertiary/aromatic N) is 2. The molecule has 0 spiro atoms. The maximum absolute atomic E-state index is 5.80. The molecule has 0 atom stereocenters. The minimum atomic E-state index is 0.530. The van der Waals surface area contributed by atoms with Gasteiger partial charge in [0.2, 0.25) is 11.8 Å². The van der Waals surface area contributed by atoms with Crippen molar-refractivity contribution in [1.82, 2.24) is 15.5 Å². The molecule has 0 aliphatic heterocycles. The molecule has 0 aliphatic rings. The third kappa shape index (κ3) is 2.59. The van der Waals surface area contributed by atoms with Gasteiger partial charge in [-0.2, -0.15) is 0 Å². The van der Waals surface area contributed by atoms with Gasteiger partial charge in [-0.1, -0.05) is 11.6 Å². The minimum Gasteiger partial charge on any atom is -0.421 e. The number of aromatic nitrogens is 2. The Morgan fingerprint density at radius 1 is 1.25 bits per heavy atom. The summed E-state index contributed by atoms with van der Waals surface area (Å²) >= 11 is 5.80. The second kappa shape index (κ2) is 5.09. The van der Waals surface area contributed by atoms with Crippen LogP contribution in [0.1, 0.15) is 5.89 Å². The van der Waals surface area contributed by atoms with E-state index in [2.05, 4.69) is 15.5 Å². The van der Waals surface area contributed by atoms with Crippen LogP contribution in [-0.2, 0) is 6.42 Å². The molecule has 0 saturated carbocycles. The van der Waals surface area contributed by atoms with E-state index in [0.717, 1.165) is 18.5 Å². The van der Waals surface area contributed by atoms with Gasteiger partial charge in [0.05, 0.1) is 0 Å². The normalized spacial score (nSPS) is 10.6. The Bertz CT molecular complexity index is 453. The van der Waals surface area contributed by atoms with Crippen molar-refractivity contribution in [2.75, 3.05) is 13.6 Å². The highest BCUT2D eigenvalue weighted by Gasteiger charge is 2.07. The first kappa shape index (κ1) is 11.1. The first-order valence-corrected chi connectivity index (χ1v) is 5.40. The Kier molecular flexibility index (Phi) is 3.54. The zero-order chi connectivity index (χ0) is 11.4. The SMILES string of the molecule is CNCCc1nnc(-c2ccc(Cl)cc2)o1. The molecule has 2 rings (SSSR count). The monoisotopic (exact) mass is 237 g/mol. The Labute approximate surface area is 98.6 Å². The fraction of sp³-hybridized carbons (Fsp3) is 0.273. The lowest BCUT2D eigenvalue weighted by Crippen LogP contribution is -2.10. The predicted octanol–water partition coefficient (Wildman–Crippen LogP) is 2.15. The summed E-state index contributed by atoms with van der Waals surface area (Å²) in [6.07, 6.45) is 0.733. The van der Waals surface area contributed by atoms with Gasteiger partial charge in [0.1, 0.15) is 0 Å². The molecule has 16 heavy (non-hydrogen) atoms.